The van der Waals surface area contributed by atoms with Crippen molar-refractivity contribution >= 4 is 11.6 Å². The van der Waals surface area contributed by atoms with Crippen LogP contribution in [0, 0.1) is 0 Å². The Labute approximate surface area is 167 Å². The van der Waals surface area contributed by atoms with E-state index in [9.17, 15) is 4.79 Å². The van der Waals surface area contributed by atoms with Crippen molar-refractivity contribution in [3.05, 3.63) is 59.7 Å². The average Bonchev–Trinajstić information content (AvgIpc) is 3.29. The first-order valence-corrected chi connectivity index (χ1v) is 10.2. The van der Waals surface area contributed by atoms with Gasteiger partial charge in [-0.3, -0.25) is 9.69 Å². The van der Waals surface area contributed by atoms with E-state index in [0.717, 1.165) is 70.0 Å². The van der Waals surface area contributed by atoms with Gasteiger partial charge in [-0.15, -0.1) is 0 Å². The van der Waals surface area contributed by atoms with Gasteiger partial charge in [-0.05, 0) is 42.7 Å². The van der Waals surface area contributed by atoms with Gasteiger partial charge in [0.2, 0.25) is 0 Å². The van der Waals surface area contributed by atoms with E-state index in [4.69, 9.17) is 4.74 Å². The van der Waals surface area contributed by atoms with Gasteiger partial charge >= 0.3 is 0 Å². The molecule has 0 atom stereocenters. The number of anilines is 1. The highest BCUT2D eigenvalue weighted by molar-refractivity contribution is 5.94. The maximum absolute atomic E-state index is 12.5. The number of carbonyl (C=O) groups excluding carboxylic acids is 1. The second kappa shape index (κ2) is 8.65. The number of hydrogen-bond acceptors (Lipinski definition) is 4. The van der Waals surface area contributed by atoms with Crippen LogP contribution in [0.4, 0.5) is 5.69 Å². The molecule has 1 amide bonds. The summed E-state index contributed by atoms with van der Waals surface area (Å²) >= 11 is 0. The van der Waals surface area contributed by atoms with Crippen LogP contribution >= 0.6 is 0 Å². The van der Waals surface area contributed by atoms with Gasteiger partial charge in [-0.1, -0.05) is 24.3 Å². The molecule has 5 heteroatoms. The van der Waals surface area contributed by atoms with Crippen LogP contribution in [-0.4, -0.2) is 62.1 Å². The van der Waals surface area contributed by atoms with Gasteiger partial charge in [-0.25, -0.2) is 0 Å². The quantitative estimate of drug-likeness (QED) is 0.799. The molecule has 0 N–H and O–H groups in total. The van der Waals surface area contributed by atoms with Crippen LogP contribution in [0.15, 0.2) is 48.5 Å². The molecule has 0 unspecified atom stereocenters. The van der Waals surface area contributed by atoms with Gasteiger partial charge in [-0.2, -0.15) is 0 Å². The highest BCUT2D eigenvalue weighted by Crippen LogP contribution is 2.28. The third kappa shape index (κ3) is 4.14. The minimum Gasteiger partial charge on any atom is -0.495 e. The number of hydrogen-bond donors (Lipinski definition) is 0. The molecule has 2 fully saturated rings. The van der Waals surface area contributed by atoms with E-state index in [2.05, 4.69) is 34.1 Å². The Bertz CT molecular complexity index is 792. The van der Waals surface area contributed by atoms with Gasteiger partial charge in [0.05, 0.1) is 12.8 Å². The first kappa shape index (κ1) is 18.8. The van der Waals surface area contributed by atoms with Crippen LogP contribution in [0.1, 0.15) is 28.8 Å². The molecule has 0 aliphatic carbocycles. The predicted octanol–water partition coefficient (Wildman–Crippen LogP) is 3.25. The van der Waals surface area contributed by atoms with E-state index >= 15 is 0 Å². The molecule has 2 heterocycles. The number of methoxy groups -OCH3 is 1. The van der Waals surface area contributed by atoms with Gasteiger partial charge in [0.25, 0.3) is 5.91 Å². The van der Waals surface area contributed by atoms with Crippen molar-refractivity contribution in [2.75, 3.05) is 51.3 Å². The number of carbonyl (C=O) groups is 1. The third-order valence-electron chi connectivity index (χ3n) is 5.80. The van der Waals surface area contributed by atoms with Crippen LogP contribution in [-0.2, 0) is 6.54 Å². The summed E-state index contributed by atoms with van der Waals surface area (Å²) in [6, 6.07) is 16.4. The van der Waals surface area contributed by atoms with Crippen molar-refractivity contribution in [3.8, 4) is 5.75 Å². The maximum Gasteiger partial charge on any atom is 0.253 e. The van der Waals surface area contributed by atoms with Crippen LogP contribution in [0.5, 0.6) is 5.75 Å². The highest BCUT2D eigenvalue weighted by Gasteiger charge is 2.21. The Morgan fingerprint density at radius 1 is 0.893 bits per heavy atom. The molecule has 2 saturated heterocycles. The van der Waals surface area contributed by atoms with E-state index in [1.54, 1.807) is 7.11 Å². The second-order valence-electron chi connectivity index (χ2n) is 7.63. The number of benzene rings is 2. The number of ether oxygens (including phenoxy) is 1. The fourth-order valence-electron chi connectivity index (χ4n) is 4.15. The Kier molecular flexibility index (Phi) is 5.81. The van der Waals surface area contributed by atoms with Gasteiger partial charge < -0.3 is 14.5 Å². The smallest absolute Gasteiger partial charge is 0.253 e. The lowest BCUT2D eigenvalue weighted by atomic mass is 10.1. The van der Waals surface area contributed by atoms with Gasteiger partial charge in [0.1, 0.15) is 5.75 Å². The molecule has 0 saturated carbocycles. The van der Waals surface area contributed by atoms with Gasteiger partial charge in [0, 0.05) is 51.4 Å². The van der Waals surface area contributed by atoms with Crippen molar-refractivity contribution in [3.63, 3.8) is 0 Å². The second-order valence-corrected chi connectivity index (χ2v) is 7.63. The Balaban J connectivity index is 1.31. The zero-order valence-electron chi connectivity index (χ0n) is 16.6. The predicted molar refractivity (Wildman–Crippen MR) is 112 cm³/mol. The number of nitrogens with zero attached hydrogens (tertiary/aromatic N) is 3. The van der Waals surface area contributed by atoms with Crippen molar-refractivity contribution in [1.29, 1.82) is 0 Å². The molecule has 0 bridgehead atoms. The fraction of sp³-hybridized carbons (Fsp3) is 0.435. The lowest BCUT2D eigenvalue weighted by Crippen LogP contribution is -2.46. The number of amides is 1. The fourth-order valence-corrected chi connectivity index (χ4v) is 4.15. The highest BCUT2D eigenvalue weighted by atomic mass is 16.5. The molecule has 148 valence electrons. The van der Waals surface area contributed by atoms with Crippen molar-refractivity contribution < 1.29 is 9.53 Å². The first-order chi connectivity index (χ1) is 13.7. The molecule has 2 aromatic rings. The summed E-state index contributed by atoms with van der Waals surface area (Å²) < 4.78 is 5.50. The summed E-state index contributed by atoms with van der Waals surface area (Å²) in [5.41, 5.74) is 3.25. The minimum atomic E-state index is 0.175. The summed E-state index contributed by atoms with van der Waals surface area (Å²) in [4.78, 5) is 19.3. The molecule has 0 aromatic heterocycles. The summed E-state index contributed by atoms with van der Waals surface area (Å²) in [5, 5.41) is 0. The molecule has 4 rings (SSSR count). The van der Waals surface area contributed by atoms with Crippen molar-refractivity contribution in [1.82, 2.24) is 9.80 Å². The average molecular weight is 380 g/mol. The Morgan fingerprint density at radius 2 is 1.57 bits per heavy atom. The largest absolute Gasteiger partial charge is 0.495 e. The lowest BCUT2D eigenvalue weighted by molar-refractivity contribution is 0.0793. The van der Waals surface area contributed by atoms with Crippen LogP contribution in [0.25, 0.3) is 0 Å². The monoisotopic (exact) mass is 379 g/mol. The standard InChI is InChI=1S/C23H29N3O2/c1-28-22-7-3-2-6-21(22)25-16-14-24(15-17-25)18-19-8-10-20(11-9-19)23(27)26-12-4-5-13-26/h2-3,6-11H,4-5,12-18H2,1H3. The molecule has 2 aliphatic rings. The van der Waals surface area contributed by atoms with E-state index in [1.807, 2.05) is 29.2 Å². The molecule has 0 radical (unpaired) electrons. The summed E-state index contributed by atoms with van der Waals surface area (Å²) in [7, 11) is 1.73. The Hall–Kier alpha value is -2.53. The normalized spacial score (nSPS) is 17.8. The molecule has 28 heavy (non-hydrogen) atoms. The SMILES string of the molecule is COc1ccccc1N1CCN(Cc2ccc(C(=O)N3CCCC3)cc2)CC1. The lowest BCUT2D eigenvalue weighted by Gasteiger charge is -2.36. The van der Waals surface area contributed by atoms with Crippen LogP contribution < -0.4 is 9.64 Å². The molecule has 5 nitrogen and oxygen atoms in total. The molecule has 2 aliphatic heterocycles. The first-order valence-electron chi connectivity index (χ1n) is 10.2. The summed E-state index contributed by atoms with van der Waals surface area (Å²) in [6.07, 6.45) is 2.26. The molecule has 0 spiro atoms. The van der Waals surface area contributed by atoms with Crippen LogP contribution in [0.3, 0.4) is 0 Å². The molecule has 2 aromatic carbocycles. The van der Waals surface area contributed by atoms with Gasteiger partial charge in [0.15, 0.2) is 0 Å². The van der Waals surface area contributed by atoms with E-state index in [1.165, 1.54) is 11.3 Å². The minimum absolute atomic E-state index is 0.175. The van der Waals surface area contributed by atoms with Crippen molar-refractivity contribution in [2.24, 2.45) is 0 Å². The van der Waals surface area contributed by atoms with E-state index in [0.29, 0.717) is 0 Å². The van der Waals surface area contributed by atoms with E-state index in [-0.39, 0.29) is 5.91 Å². The molecular weight excluding hydrogens is 350 g/mol. The number of para-hydroxylation sites is 2. The number of rotatable bonds is 5. The van der Waals surface area contributed by atoms with Crippen LogP contribution in [0.2, 0.25) is 0 Å². The number of likely N-dealkylation sites (tertiary alicyclic amines) is 1. The number of piperazine rings is 1. The Morgan fingerprint density at radius 3 is 2.25 bits per heavy atom. The zero-order valence-corrected chi connectivity index (χ0v) is 16.6. The molecular formula is C23H29N3O2. The zero-order chi connectivity index (χ0) is 19.3. The van der Waals surface area contributed by atoms with E-state index < -0.39 is 0 Å². The summed E-state index contributed by atoms with van der Waals surface area (Å²) in [5.74, 6) is 1.11. The van der Waals surface area contributed by atoms with Crippen molar-refractivity contribution in [2.45, 2.75) is 19.4 Å². The topological polar surface area (TPSA) is 36.0 Å². The maximum atomic E-state index is 12.5. The third-order valence-corrected chi connectivity index (χ3v) is 5.80. The summed E-state index contributed by atoms with van der Waals surface area (Å²) in [6.45, 7) is 6.75.